The average molecular weight is 366 g/mol. The molecular weight excluding hydrogens is 340 g/mol. The quantitative estimate of drug-likeness (QED) is 0.293. The van der Waals surface area contributed by atoms with Crippen molar-refractivity contribution in [2.45, 2.75) is 40.0 Å². The smallest absolute Gasteiger partial charge is 0.308 e. The van der Waals surface area contributed by atoms with E-state index in [1.807, 2.05) is 56.3 Å². The number of esters is 1. The van der Waals surface area contributed by atoms with E-state index in [2.05, 4.69) is 0 Å². The number of hydrogen-bond acceptors (Lipinski definition) is 4. The third kappa shape index (κ3) is 5.55. The lowest BCUT2D eigenvalue weighted by Crippen LogP contribution is -2.10. The van der Waals surface area contributed by atoms with Crippen LogP contribution in [0.25, 0.3) is 0 Å². The Balaban J connectivity index is 2.51. The van der Waals surface area contributed by atoms with Crippen molar-refractivity contribution in [3.63, 3.8) is 0 Å². The van der Waals surface area contributed by atoms with Crippen molar-refractivity contribution < 1.29 is 19.1 Å². The number of rotatable bonds is 8. The standard InChI is InChI=1S/C23H26O4/c1-16(2)10-13-20-22(26-4)14-19(12-11-18-8-6-5-7-9-18)21(15-24)23(20)27-17(3)25/h5-10,14-15H,11-13H2,1-4H3. The van der Waals surface area contributed by atoms with Crippen LogP contribution in [0.2, 0.25) is 0 Å². The van der Waals surface area contributed by atoms with Crippen molar-refractivity contribution in [2.75, 3.05) is 7.11 Å². The predicted molar refractivity (Wildman–Crippen MR) is 107 cm³/mol. The van der Waals surface area contributed by atoms with Gasteiger partial charge in [-0.25, -0.2) is 0 Å². The lowest BCUT2D eigenvalue weighted by atomic mass is 9.95. The van der Waals surface area contributed by atoms with E-state index in [-0.39, 0.29) is 0 Å². The highest BCUT2D eigenvalue weighted by atomic mass is 16.5. The Hall–Kier alpha value is -2.88. The van der Waals surface area contributed by atoms with E-state index in [4.69, 9.17) is 9.47 Å². The number of allylic oxidation sites excluding steroid dienone is 2. The van der Waals surface area contributed by atoms with E-state index in [0.717, 1.165) is 23.8 Å². The molecule has 4 nitrogen and oxygen atoms in total. The summed E-state index contributed by atoms with van der Waals surface area (Å²) < 4.78 is 11.0. The molecule has 142 valence electrons. The molecule has 0 heterocycles. The first-order valence-electron chi connectivity index (χ1n) is 8.99. The minimum absolute atomic E-state index is 0.303. The fourth-order valence-corrected chi connectivity index (χ4v) is 2.95. The summed E-state index contributed by atoms with van der Waals surface area (Å²) in [5.41, 5.74) is 4.24. The second-order valence-electron chi connectivity index (χ2n) is 6.64. The predicted octanol–water partition coefficient (Wildman–Crippen LogP) is 4.73. The van der Waals surface area contributed by atoms with Crippen LogP contribution in [0, 0.1) is 0 Å². The molecule has 0 unspecified atom stereocenters. The number of ether oxygens (including phenoxy) is 2. The molecule has 0 amide bonds. The second kappa shape index (κ2) is 9.72. The van der Waals surface area contributed by atoms with Crippen LogP contribution >= 0.6 is 0 Å². The molecule has 0 N–H and O–H groups in total. The molecule has 0 atom stereocenters. The van der Waals surface area contributed by atoms with E-state index in [9.17, 15) is 9.59 Å². The van der Waals surface area contributed by atoms with Gasteiger partial charge in [0.05, 0.1) is 12.7 Å². The fourth-order valence-electron chi connectivity index (χ4n) is 2.95. The van der Waals surface area contributed by atoms with Gasteiger partial charge in [-0.2, -0.15) is 0 Å². The maximum absolute atomic E-state index is 11.9. The highest BCUT2D eigenvalue weighted by Crippen LogP contribution is 2.36. The summed E-state index contributed by atoms with van der Waals surface area (Å²) in [6, 6.07) is 11.9. The van der Waals surface area contributed by atoms with Gasteiger partial charge in [0.25, 0.3) is 0 Å². The molecule has 0 saturated heterocycles. The zero-order valence-corrected chi connectivity index (χ0v) is 16.4. The van der Waals surface area contributed by atoms with Gasteiger partial charge < -0.3 is 9.47 Å². The molecule has 0 bridgehead atoms. The summed E-state index contributed by atoms with van der Waals surface area (Å²) in [5, 5.41) is 0. The molecule has 0 aliphatic carbocycles. The first-order chi connectivity index (χ1) is 13.0. The summed E-state index contributed by atoms with van der Waals surface area (Å²) in [4.78, 5) is 23.6. The van der Waals surface area contributed by atoms with Gasteiger partial charge in [-0.05, 0) is 50.3 Å². The second-order valence-corrected chi connectivity index (χ2v) is 6.64. The Bertz CT molecular complexity index is 831. The molecule has 0 fully saturated rings. The van der Waals surface area contributed by atoms with E-state index in [0.29, 0.717) is 35.5 Å². The van der Waals surface area contributed by atoms with Gasteiger partial charge >= 0.3 is 5.97 Å². The zero-order valence-electron chi connectivity index (χ0n) is 16.4. The van der Waals surface area contributed by atoms with Crippen molar-refractivity contribution in [3.05, 3.63) is 70.3 Å². The molecule has 2 rings (SSSR count). The molecule has 0 aliphatic heterocycles. The molecule has 27 heavy (non-hydrogen) atoms. The maximum atomic E-state index is 11.9. The third-order valence-corrected chi connectivity index (χ3v) is 4.29. The molecule has 0 radical (unpaired) electrons. The third-order valence-electron chi connectivity index (χ3n) is 4.29. The van der Waals surface area contributed by atoms with Crippen molar-refractivity contribution in [3.8, 4) is 11.5 Å². The number of benzene rings is 2. The number of methoxy groups -OCH3 is 1. The maximum Gasteiger partial charge on any atom is 0.308 e. The minimum Gasteiger partial charge on any atom is -0.496 e. The Kier molecular flexibility index (Phi) is 7.35. The number of carbonyl (C=O) groups is 2. The van der Waals surface area contributed by atoms with Crippen LogP contribution in [-0.2, 0) is 24.1 Å². The first-order valence-corrected chi connectivity index (χ1v) is 8.99. The SMILES string of the molecule is COc1cc(CCc2ccccc2)c(C=O)c(OC(C)=O)c1CC=C(C)C. The van der Waals surface area contributed by atoms with Crippen LogP contribution in [0.5, 0.6) is 11.5 Å². The lowest BCUT2D eigenvalue weighted by molar-refractivity contribution is -0.131. The van der Waals surface area contributed by atoms with Crippen molar-refractivity contribution in [1.29, 1.82) is 0 Å². The van der Waals surface area contributed by atoms with Crippen LogP contribution in [-0.4, -0.2) is 19.4 Å². The molecule has 4 heteroatoms. The van der Waals surface area contributed by atoms with Gasteiger partial charge in [-0.3, -0.25) is 9.59 Å². The fraction of sp³-hybridized carbons (Fsp3) is 0.304. The number of aryl methyl sites for hydroxylation is 2. The van der Waals surface area contributed by atoms with E-state index >= 15 is 0 Å². The van der Waals surface area contributed by atoms with Gasteiger partial charge in [0.1, 0.15) is 11.5 Å². The monoisotopic (exact) mass is 366 g/mol. The summed E-state index contributed by atoms with van der Waals surface area (Å²) in [5.74, 6) is 0.466. The van der Waals surface area contributed by atoms with Crippen LogP contribution in [0.15, 0.2) is 48.0 Å². The normalized spacial score (nSPS) is 10.2. The first kappa shape index (κ1) is 20.4. The number of carbonyl (C=O) groups excluding carboxylic acids is 2. The van der Waals surface area contributed by atoms with E-state index in [1.165, 1.54) is 12.5 Å². The Morgan fingerprint density at radius 1 is 1.07 bits per heavy atom. The van der Waals surface area contributed by atoms with Gasteiger partial charge in [0.2, 0.25) is 0 Å². The Morgan fingerprint density at radius 2 is 1.78 bits per heavy atom. The van der Waals surface area contributed by atoms with Gasteiger partial charge in [0, 0.05) is 12.5 Å². The molecule has 2 aromatic carbocycles. The average Bonchev–Trinajstić information content (AvgIpc) is 2.65. The summed E-state index contributed by atoms with van der Waals surface area (Å²) in [6.45, 7) is 5.32. The topological polar surface area (TPSA) is 52.6 Å². The van der Waals surface area contributed by atoms with Gasteiger partial charge in [-0.15, -0.1) is 0 Å². The van der Waals surface area contributed by atoms with Crippen molar-refractivity contribution in [2.24, 2.45) is 0 Å². The summed E-state index contributed by atoms with van der Waals surface area (Å²) in [7, 11) is 1.58. The molecular formula is C23H26O4. The lowest BCUT2D eigenvalue weighted by Gasteiger charge is -2.18. The molecule has 0 aliphatic rings. The van der Waals surface area contributed by atoms with Crippen LogP contribution < -0.4 is 9.47 Å². The van der Waals surface area contributed by atoms with Crippen LogP contribution in [0.4, 0.5) is 0 Å². The largest absolute Gasteiger partial charge is 0.496 e. The number of aldehydes is 1. The van der Waals surface area contributed by atoms with E-state index in [1.54, 1.807) is 7.11 Å². The molecule has 0 saturated carbocycles. The van der Waals surface area contributed by atoms with Crippen LogP contribution in [0.1, 0.15) is 47.8 Å². The Morgan fingerprint density at radius 3 is 2.33 bits per heavy atom. The zero-order chi connectivity index (χ0) is 19.8. The van der Waals surface area contributed by atoms with Crippen molar-refractivity contribution in [1.82, 2.24) is 0 Å². The molecule has 0 aromatic heterocycles. The van der Waals surface area contributed by atoms with Crippen LogP contribution in [0.3, 0.4) is 0 Å². The minimum atomic E-state index is -0.459. The highest BCUT2D eigenvalue weighted by Gasteiger charge is 2.20. The Labute approximate surface area is 160 Å². The number of hydrogen-bond donors (Lipinski definition) is 0. The summed E-state index contributed by atoms with van der Waals surface area (Å²) in [6.07, 6.45) is 4.73. The van der Waals surface area contributed by atoms with Gasteiger partial charge in [-0.1, -0.05) is 42.0 Å². The molecule has 2 aromatic rings. The highest BCUT2D eigenvalue weighted by molar-refractivity contribution is 5.86. The molecule has 0 spiro atoms. The van der Waals surface area contributed by atoms with Gasteiger partial charge in [0.15, 0.2) is 6.29 Å². The summed E-state index contributed by atoms with van der Waals surface area (Å²) >= 11 is 0. The van der Waals surface area contributed by atoms with E-state index < -0.39 is 5.97 Å². The van der Waals surface area contributed by atoms with Crippen molar-refractivity contribution >= 4 is 12.3 Å².